The molecule has 0 fully saturated rings. The first kappa shape index (κ1) is 47.4. The number of esters is 3. The normalized spacial score (nSPS) is 11.9. The van der Waals surface area contributed by atoms with Gasteiger partial charge in [-0.25, -0.2) is 0 Å². The van der Waals surface area contributed by atoms with E-state index in [1.54, 1.807) is 0 Å². The van der Waals surface area contributed by atoms with Crippen LogP contribution in [0, 0.1) is 5.92 Å². The minimum absolute atomic E-state index is 0.0657. The second kappa shape index (κ2) is 37.7. The van der Waals surface area contributed by atoms with Gasteiger partial charge in [0.15, 0.2) is 6.10 Å². The summed E-state index contributed by atoms with van der Waals surface area (Å²) in [5, 5.41) is 0. The summed E-state index contributed by atoms with van der Waals surface area (Å²) >= 11 is 0. The van der Waals surface area contributed by atoms with Crippen molar-refractivity contribution in [1.82, 2.24) is 0 Å². The molecule has 0 spiro atoms. The number of rotatable bonds is 38. The number of carbonyl (C=O) groups is 3. The monoisotopic (exact) mass is 695 g/mol. The largest absolute Gasteiger partial charge is 0.462 e. The molecule has 6 nitrogen and oxygen atoms in total. The van der Waals surface area contributed by atoms with Crippen molar-refractivity contribution in [3.8, 4) is 0 Å². The molecule has 290 valence electrons. The van der Waals surface area contributed by atoms with Crippen LogP contribution < -0.4 is 0 Å². The predicted molar refractivity (Wildman–Crippen MR) is 206 cm³/mol. The zero-order chi connectivity index (χ0) is 36.0. The molecule has 0 aromatic heterocycles. The maximum atomic E-state index is 12.5. The van der Waals surface area contributed by atoms with Crippen LogP contribution >= 0.6 is 0 Å². The van der Waals surface area contributed by atoms with E-state index >= 15 is 0 Å². The van der Waals surface area contributed by atoms with Crippen LogP contribution in [0.1, 0.15) is 233 Å². The Morgan fingerprint density at radius 2 is 0.673 bits per heavy atom. The lowest BCUT2D eigenvalue weighted by molar-refractivity contribution is -0.167. The van der Waals surface area contributed by atoms with Crippen molar-refractivity contribution in [3.63, 3.8) is 0 Å². The highest BCUT2D eigenvalue weighted by atomic mass is 16.6. The van der Waals surface area contributed by atoms with E-state index in [0.717, 1.165) is 70.1 Å². The van der Waals surface area contributed by atoms with Gasteiger partial charge >= 0.3 is 17.9 Å². The molecule has 0 aliphatic carbocycles. The van der Waals surface area contributed by atoms with Gasteiger partial charge in [0, 0.05) is 19.3 Å². The summed E-state index contributed by atoms with van der Waals surface area (Å²) in [5.41, 5.74) is 0. The SMILES string of the molecule is CCCCCCCCCC(=O)O[C@@H](COC(=O)CCCCCCC)COC(=O)CCCCCCCCCCCCCCCCCCC(C)C. The highest BCUT2D eigenvalue weighted by Crippen LogP contribution is 2.16. The maximum Gasteiger partial charge on any atom is 0.306 e. The summed E-state index contributed by atoms with van der Waals surface area (Å²) in [6.07, 6.45) is 35.6. The lowest BCUT2D eigenvalue weighted by Crippen LogP contribution is -2.30. The average Bonchev–Trinajstić information content (AvgIpc) is 3.08. The van der Waals surface area contributed by atoms with E-state index < -0.39 is 6.10 Å². The van der Waals surface area contributed by atoms with E-state index in [9.17, 15) is 14.4 Å². The lowest BCUT2D eigenvalue weighted by Gasteiger charge is -2.18. The van der Waals surface area contributed by atoms with Gasteiger partial charge in [0.1, 0.15) is 13.2 Å². The van der Waals surface area contributed by atoms with E-state index in [-0.39, 0.29) is 31.1 Å². The third-order valence-electron chi connectivity index (χ3n) is 9.54. The first-order chi connectivity index (χ1) is 23.9. The molecule has 0 N–H and O–H groups in total. The molecule has 0 aliphatic heterocycles. The summed E-state index contributed by atoms with van der Waals surface area (Å²) in [5.74, 6) is -0.0266. The Morgan fingerprint density at radius 1 is 0.388 bits per heavy atom. The molecule has 0 aromatic rings. The van der Waals surface area contributed by atoms with Crippen molar-refractivity contribution in [2.45, 2.75) is 239 Å². The number of hydrogen-bond acceptors (Lipinski definition) is 6. The molecule has 0 amide bonds. The molecule has 6 heteroatoms. The predicted octanol–water partition coefficient (Wildman–Crippen LogP) is 13.2. The van der Waals surface area contributed by atoms with Gasteiger partial charge in [-0.3, -0.25) is 14.4 Å². The Kier molecular flexibility index (Phi) is 36.4. The fraction of sp³-hybridized carbons (Fsp3) is 0.930. The standard InChI is InChI=1S/C43H82O6/c1-5-7-9-11-22-28-32-36-43(46)49-40(37-47-41(44)34-30-25-10-8-6-2)38-48-42(45)35-31-27-24-21-19-17-15-13-12-14-16-18-20-23-26-29-33-39(3)4/h39-40H,5-38H2,1-4H3/t40-/m0/s1. The molecule has 0 heterocycles. The molecular formula is C43H82O6. The van der Waals surface area contributed by atoms with Crippen molar-refractivity contribution in [3.05, 3.63) is 0 Å². The highest BCUT2D eigenvalue weighted by molar-refractivity contribution is 5.71. The smallest absolute Gasteiger partial charge is 0.306 e. The second-order valence-corrected chi connectivity index (χ2v) is 15.1. The molecule has 0 radical (unpaired) electrons. The van der Waals surface area contributed by atoms with Gasteiger partial charge in [-0.15, -0.1) is 0 Å². The number of ether oxygens (including phenoxy) is 3. The Bertz CT molecular complexity index is 736. The molecule has 1 atom stereocenters. The van der Waals surface area contributed by atoms with Gasteiger partial charge in [-0.1, -0.05) is 195 Å². The highest BCUT2D eigenvalue weighted by Gasteiger charge is 2.19. The molecule has 0 aromatic carbocycles. The average molecular weight is 695 g/mol. The van der Waals surface area contributed by atoms with Gasteiger partial charge < -0.3 is 14.2 Å². The van der Waals surface area contributed by atoms with Crippen LogP contribution in [0.4, 0.5) is 0 Å². The fourth-order valence-electron chi connectivity index (χ4n) is 6.27. The number of carbonyl (C=O) groups excluding carboxylic acids is 3. The van der Waals surface area contributed by atoms with Crippen molar-refractivity contribution in [1.29, 1.82) is 0 Å². The zero-order valence-corrected chi connectivity index (χ0v) is 33.1. The quantitative estimate of drug-likeness (QED) is 0.0364. The van der Waals surface area contributed by atoms with Crippen molar-refractivity contribution < 1.29 is 28.6 Å². The Morgan fingerprint density at radius 3 is 1.00 bits per heavy atom. The van der Waals surface area contributed by atoms with Crippen molar-refractivity contribution in [2.24, 2.45) is 5.92 Å². The molecule has 0 rings (SSSR count). The minimum atomic E-state index is -0.755. The molecule has 49 heavy (non-hydrogen) atoms. The van der Waals surface area contributed by atoms with Crippen LogP contribution in [0.15, 0.2) is 0 Å². The van der Waals surface area contributed by atoms with Crippen molar-refractivity contribution >= 4 is 17.9 Å². The van der Waals surface area contributed by atoms with Gasteiger partial charge in [-0.2, -0.15) is 0 Å². The van der Waals surface area contributed by atoms with E-state index in [2.05, 4.69) is 27.7 Å². The van der Waals surface area contributed by atoms with E-state index in [0.29, 0.717) is 19.3 Å². The first-order valence-electron chi connectivity index (χ1n) is 21.4. The summed E-state index contributed by atoms with van der Waals surface area (Å²) < 4.78 is 16.5. The maximum absolute atomic E-state index is 12.5. The molecular weight excluding hydrogens is 612 g/mol. The summed E-state index contributed by atoms with van der Waals surface area (Å²) in [7, 11) is 0. The molecule has 0 unspecified atom stereocenters. The van der Waals surface area contributed by atoms with E-state index in [1.165, 1.54) is 122 Å². The summed E-state index contributed by atoms with van der Waals surface area (Å²) in [6, 6.07) is 0. The third-order valence-corrected chi connectivity index (χ3v) is 9.54. The molecule has 0 aliphatic rings. The Hall–Kier alpha value is -1.59. The van der Waals surface area contributed by atoms with Crippen LogP contribution in [0.3, 0.4) is 0 Å². The molecule has 0 saturated heterocycles. The Balaban J connectivity index is 4.04. The van der Waals surface area contributed by atoms with Crippen LogP contribution in [-0.4, -0.2) is 37.2 Å². The number of unbranched alkanes of at least 4 members (excludes halogenated alkanes) is 25. The number of hydrogen-bond donors (Lipinski definition) is 0. The minimum Gasteiger partial charge on any atom is -0.462 e. The summed E-state index contributed by atoms with van der Waals surface area (Å²) in [4.78, 5) is 37.2. The summed E-state index contributed by atoms with van der Waals surface area (Å²) in [6.45, 7) is 8.88. The lowest BCUT2D eigenvalue weighted by atomic mass is 10.0. The fourth-order valence-corrected chi connectivity index (χ4v) is 6.27. The first-order valence-corrected chi connectivity index (χ1v) is 21.4. The third kappa shape index (κ3) is 37.5. The van der Waals surface area contributed by atoms with Crippen molar-refractivity contribution in [2.75, 3.05) is 13.2 Å². The second-order valence-electron chi connectivity index (χ2n) is 15.1. The van der Waals surface area contributed by atoms with Gasteiger partial charge in [0.05, 0.1) is 0 Å². The van der Waals surface area contributed by atoms with E-state index in [1.807, 2.05) is 0 Å². The Labute approximate surface area is 304 Å². The molecule has 0 bridgehead atoms. The molecule has 0 saturated carbocycles. The van der Waals surface area contributed by atoms with Crippen LogP contribution in [0.5, 0.6) is 0 Å². The van der Waals surface area contributed by atoms with Gasteiger partial charge in [0.2, 0.25) is 0 Å². The van der Waals surface area contributed by atoms with Gasteiger partial charge in [-0.05, 0) is 25.2 Å². The van der Waals surface area contributed by atoms with E-state index in [4.69, 9.17) is 14.2 Å². The zero-order valence-electron chi connectivity index (χ0n) is 33.1. The van der Waals surface area contributed by atoms with Crippen LogP contribution in [0.2, 0.25) is 0 Å². The topological polar surface area (TPSA) is 78.9 Å². The van der Waals surface area contributed by atoms with Crippen LogP contribution in [-0.2, 0) is 28.6 Å². The van der Waals surface area contributed by atoms with Gasteiger partial charge in [0.25, 0.3) is 0 Å². The van der Waals surface area contributed by atoms with Crippen LogP contribution in [0.25, 0.3) is 0 Å².